The smallest absolute Gasteiger partial charge is 0.272 e. The Morgan fingerprint density at radius 3 is 2.54 bits per heavy atom. The maximum atomic E-state index is 12.7. The predicted octanol–water partition coefficient (Wildman–Crippen LogP) is 2.91. The second kappa shape index (κ2) is 7.11. The lowest BCUT2D eigenvalue weighted by molar-refractivity contribution is -0.115. The van der Waals surface area contributed by atoms with E-state index < -0.39 is 0 Å². The molecule has 0 spiro atoms. The lowest BCUT2D eigenvalue weighted by atomic mass is 10.1. The third-order valence-corrected chi connectivity index (χ3v) is 4.48. The summed E-state index contributed by atoms with van der Waals surface area (Å²) in [5.41, 5.74) is 3.05. The molecule has 1 amide bonds. The molecule has 0 saturated carbocycles. The third kappa shape index (κ3) is 3.42. The van der Waals surface area contributed by atoms with Crippen LogP contribution >= 0.6 is 0 Å². The molecular formula is C21H19N5O2. The van der Waals surface area contributed by atoms with Crippen LogP contribution in [0.25, 0.3) is 16.5 Å². The number of carbonyl (C=O) groups is 1. The van der Waals surface area contributed by atoms with Gasteiger partial charge >= 0.3 is 0 Å². The molecule has 4 aromatic rings. The number of aryl methyl sites for hydroxylation is 2. The highest BCUT2D eigenvalue weighted by Crippen LogP contribution is 2.19. The highest BCUT2D eigenvalue weighted by Gasteiger charge is 2.14. The van der Waals surface area contributed by atoms with Crippen LogP contribution in [0.1, 0.15) is 17.0 Å². The quantitative estimate of drug-likeness (QED) is 0.575. The normalized spacial score (nSPS) is 10.9. The van der Waals surface area contributed by atoms with Gasteiger partial charge in [-0.2, -0.15) is 10.2 Å². The fourth-order valence-electron chi connectivity index (χ4n) is 3.12. The van der Waals surface area contributed by atoms with Gasteiger partial charge in [0.15, 0.2) is 0 Å². The molecule has 0 aliphatic rings. The monoisotopic (exact) mass is 373 g/mol. The molecule has 0 atom stereocenters. The van der Waals surface area contributed by atoms with E-state index in [1.165, 1.54) is 0 Å². The molecule has 0 saturated heterocycles. The Morgan fingerprint density at radius 1 is 1.07 bits per heavy atom. The number of hydrogen-bond donors (Lipinski definition) is 2. The molecule has 0 fully saturated rings. The first-order valence-corrected chi connectivity index (χ1v) is 8.91. The molecule has 2 N–H and O–H groups in total. The van der Waals surface area contributed by atoms with Crippen molar-refractivity contribution in [3.8, 4) is 5.69 Å². The maximum absolute atomic E-state index is 12.7. The predicted molar refractivity (Wildman–Crippen MR) is 108 cm³/mol. The highest BCUT2D eigenvalue weighted by molar-refractivity contribution is 5.94. The number of carbonyl (C=O) groups excluding carboxylic acids is 1. The molecular weight excluding hydrogens is 354 g/mol. The molecule has 140 valence electrons. The first-order chi connectivity index (χ1) is 13.5. The van der Waals surface area contributed by atoms with Gasteiger partial charge in [-0.05, 0) is 32.0 Å². The van der Waals surface area contributed by atoms with Gasteiger partial charge in [-0.25, -0.2) is 9.78 Å². The first kappa shape index (κ1) is 17.7. The van der Waals surface area contributed by atoms with Crippen LogP contribution in [0.5, 0.6) is 0 Å². The molecule has 28 heavy (non-hydrogen) atoms. The van der Waals surface area contributed by atoms with Crippen molar-refractivity contribution in [2.75, 3.05) is 5.32 Å². The average molecular weight is 373 g/mol. The van der Waals surface area contributed by atoms with Gasteiger partial charge in [0.05, 0.1) is 28.9 Å². The Bertz CT molecular complexity index is 1220. The topological polar surface area (TPSA) is 92.7 Å². The maximum Gasteiger partial charge on any atom is 0.272 e. The van der Waals surface area contributed by atoms with Crippen molar-refractivity contribution < 1.29 is 4.79 Å². The molecule has 0 radical (unpaired) electrons. The standard InChI is InChI=1S/C21H19N5O2/c1-13-7-9-15(10-8-13)26-19(11-14(2)25-26)22-20(27)12-18-16-5-3-4-6-17(16)21(28)24-23-18/h3-11H,12H2,1-2H3,(H,22,27)(H,24,28). The average Bonchev–Trinajstić information content (AvgIpc) is 3.05. The zero-order valence-electron chi connectivity index (χ0n) is 15.6. The summed E-state index contributed by atoms with van der Waals surface area (Å²) in [5, 5.41) is 15.1. The molecule has 0 aliphatic carbocycles. The number of fused-ring (bicyclic) bond motifs is 1. The van der Waals surface area contributed by atoms with Crippen molar-refractivity contribution in [1.82, 2.24) is 20.0 Å². The molecule has 4 rings (SSSR count). The number of rotatable bonds is 4. The third-order valence-electron chi connectivity index (χ3n) is 4.48. The molecule has 7 nitrogen and oxygen atoms in total. The minimum absolute atomic E-state index is 0.0371. The van der Waals surface area contributed by atoms with Crippen molar-refractivity contribution in [3.63, 3.8) is 0 Å². The number of nitrogens with zero attached hydrogens (tertiary/aromatic N) is 3. The minimum Gasteiger partial charge on any atom is -0.310 e. The van der Waals surface area contributed by atoms with Crippen LogP contribution in [0.2, 0.25) is 0 Å². The number of benzene rings is 2. The van der Waals surface area contributed by atoms with Crippen LogP contribution in [0.15, 0.2) is 59.4 Å². The van der Waals surface area contributed by atoms with Gasteiger partial charge in [-0.3, -0.25) is 9.59 Å². The van der Waals surface area contributed by atoms with E-state index in [2.05, 4.69) is 20.6 Å². The summed E-state index contributed by atoms with van der Waals surface area (Å²) >= 11 is 0. The van der Waals surface area contributed by atoms with E-state index in [9.17, 15) is 9.59 Å². The second-order valence-corrected chi connectivity index (χ2v) is 6.69. The lowest BCUT2D eigenvalue weighted by Gasteiger charge is -2.10. The zero-order valence-corrected chi connectivity index (χ0v) is 15.6. The van der Waals surface area contributed by atoms with Gasteiger partial charge in [-0.15, -0.1) is 0 Å². The fraction of sp³-hybridized carbons (Fsp3) is 0.143. The fourth-order valence-corrected chi connectivity index (χ4v) is 3.12. The van der Waals surface area contributed by atoms with Gasteiger partial charge in [-0.1, -0.05) is 35.9 Å². The Labute approximate surface area is 161 Å². The Hall–Kier alpha value is -3.74. The number of aromatic amines is 1. The number of amides is 1. The van der Waals surface area contributed by atoms with Crippen LogP contribution in [0.4, 0.5) is 5.82 Å². The number of anilines is 1. The SMILES string of the molecule is Cc1ccc(-n2nc(C)cc2NC(=O)Cc2n[nH]c(=O)c3ccccc23)cc1. The summed E-state index contributed by atoms with van der Waals surface area (Å²) in [6, 6.07) is 16.8. The van der Waals surface area contributed by atoms with E-state index in [1.54, 1.807) is 22.9 Å². The minimum atomic E-state index is -0.271. The van der Waals surface area contributed by atoms with Gasteiger partial charge in [0, 0.05) is 11.5 Å². The van der Waals surface area contributed by atoms with E-state index in [1.807, 2.05) is 50.2 Å². The molecule has 2 aromatic carbocycles. The van der Waals surface area contributed by atoms with Gasteiger partial charge in [0.2, 0.25) is 5.91 Å². The summed E-state index contributed by atoms with van der Waals surface area (Å²) in [6.45, 7) is 3.89. The van der Waals surface area contributed by atoms with Crippen LogP contribution < -0.4 is 10.9 Å². The van der Waals surface area contributed by atoms with Gasteiger partial charge in [0.25, 0.3) is 5.56 Å². The van der Waals surface area contributed by atoms with E-state index in [-0.39, 0.29) is 17.9 Å². The Kier molecular flexibility index (Phi) is 4.49. The number of nitrogens with one attached hydrogen (secondary N) is 2. The molecule has 7 heteroatoms. The van der Waals surface area contributed by atoms with E-state index in [4.69, 9.17) is 0 Å². The highest BCUT2D eigenvalue weighted by atomic mass is 16.1. The van der Waals surface area contributed by atoms with Crippen molar-refractivity contribution in [1.29, 1.82) is 0 Å². The lowest BCUT2D eigenvalue weighted by Crippen LogP contribution is -2.20. The van der Waals surface area contributed by atoms with Crippen molar-refractivity contribution in [3.05, 3.63) is 81.9 Å². The number of hydrogen-bond acceptors (Lipinski definition) is 4. The zero-order chi connectivity index (χ0) is 19.7. The van der Waals surface area contributed by atoms with Gasteiger partial charge in [0.1, 0.15) is 5.82 Å². The molecule has 2 aromatic heterocycles. The number of H-pyrrole nitrogens is 1. The van der Waals surface area contributed by atoms with Crippen LogP contribution in [-0.4, -0.2) is 25.9 Å². The molecule has 0 aliphatic heterocycles. The van der Waals surface area contributed by atoms with Crippen molar-refractivity contribution in [2.45, 2.75) is 20.3 Å². The first-order valence-electron chi connectivity index (χ1n) is 8.91. The summed E-state index contributed by atoms with van der Waals surface area (Å²) < 4.78 is 1.70. The number of aromatic nitrogens is 4. The molecule has 2 heterocycles. The summed E-state index contributed by atoms with van der Waals surface area (Å²) in [6.07, 6.45) is 0.0371. The van der Waals surface area contributed by atoms with E-state index >= 15 is 0 Å². The molecule has 0 unspecified atom stereocenters. The van der Waals surface area contributed by atoms with E-state index in [0.29, 0.717) is 22.3 Å². The largest absolute Gasteiger partial charge is 0.310 e. The molecule has 0 bridgehead atoms. The Balaban J connectivity index is 1.61. The summed E-state index contributed by atoms with van der Waals surface area (Å²) in [7, 11) is 0. The van der Waals surface area contributed by atoms with E-state index in [0.717, 1.165) is 16.9 Å². The summed E-state index contributed by atoms with van der Waals surface area (Å²) in [5.74, 6) is 0.345. The van der Waals surface area contributed by atoms with Crippen LogP contribution in [0.3, 0.4) is 0 Å². The van der Waals surface area contributed by atoms with Crippen LogP contribution in [0, 0.1) is 13.8 Å². The Morgan fingerprint density at radius 2 is 1.79 bits per heavy atom. The van der Waals surface area contributed by atoms with Gasteiger partial charge < -0.3 is 5.32 Å². The van der Waals surface area contributed by atoms with Crippen molar-refractivity contribution >= 4 is 22.5 Å². The van der Waals surface area contributed by atoms with Crippen LogP contribution in [-0.2, 0) is 11.2 Å². The second-order valence-electron chi connectivity index (χ2n) is 6.69. The summed E-state index contributed by atoms with van der Waals surface area (Å²) in [4.78, 5) is 24.6. The van der Waals surface area contributed by atoms with Crippen molar-refractivity contribution in [2.24, 2.45) is 0 Å².